The van der Waals surface area contributed by atoms with E-state index in [1.807, 2.05) is 27.0 Å². The van der Waals surface area contributed by atoms with Crippen molar-refractivity contribution in [3.8, 4) is 0 Å². The summed E-state index contributed by atoms with van der Waals surface area (Å²) in [6.45, 7) is 9.63. The number of nitrogens with one attached hydrogen (secondary N) is 3. The van der Waals surface area contributed by atoms with E-state index in [0.717, 1.165) is 11.4 Å². The maximum atomic E-state index is 12.0. The molecular formula is C15H28IN5OS. The fraction of sp³-hybridized carbons (Fsp3) is 0.667. The van der Waals surface area contributed by atoms with Crippen molar-refractivity contribution in [1.29, 1.82) is 0 Å². The summed E-state index contributed by atoms with van der Waals surface area (Å²) >= 11 is 1.70. The molecule has 1 rings (SSSR count). The zero-order valence-corrected chi connectivity index (χ0v) is 17.7. The van der Waals surface area contributed by atoms with Gasteiger partial charge in [0, 0.05) is 31.2 Å². The molecule has 0 aromatic carbocycles. The molecule has 1 heterocycles. The molecule has 6 nitrogen and oxygen atoms in total. The van der Waals surface area contributed by atoms with Crippen LogP contribution < -0.4 is 16.0 Å². The highest BCUT2D eigenvalue weighted by Crippen LogP contribution is 2.14. The van der Waals surface area contributed by atoms with Crippen molar-refractivity contribution in [2.75, 3.05) is 20.1 Å². The van der Waals surface area contributed by atoms with Crippen LogP contribution in [0.1, 0.15) is 37.6 Å². The molecule has 0 atom stereocenters. The molecule has 1 amide bonds. The molecule has 0 aliphatic carbocycles. The first-order valence-electron chi connectivity index (χ1n) is 7.59. The molecule has 8 heteroatoms. The van der Waals surface area contributed by atoms with Gasteiger partial charge in [0.15, 0.2) is 5.96 Å². The van der Waals surface area contributed by atoms with E-state index < -0.39 is 5.41 Å². The van der Waals surface area contributed by atoms with Gasteiger partial charge >= 0.3 is 0 Å². The van der Waals surface area contributed by atoms with Crippen LogP contribution in [0.15, 0.2) is 11.2 Å². The van der Waals surface area contributed by atoms with Crippen molar-refractivity contribution in [2.45, 2.75) is 40.7 Å². The third-order valence-corrected chi connectivity index (χ3v) is 4.37. The van der Waals surface area contributed by atoms with Crippen LogP contribution >= 0.6 is 35.3 Å². The van der Waals surface area contributed by atoms with Crippen molar-refractivity contribution in [2.24, 2.45) is 10.4 Å². The molecule has 1 aromatic heterocycles. The highest BCUT2D eigenvalue weighted by molar-refractivity contribution is 14.0. The highest BCUT2D eigenvalue weighted by Gasteiger charge is 2.27. The second kappa shape index (κ2) is 10.8. The number of amides is 1. The zero-order valence-electron chi connectivity index (χ0n) is 14.5. The summed E-state index contributed by atoms with van der Waals surface area (Å²) in [4.78, 5) is 21.8. The number of aliphatic imine (C=N–C) groups is 1. The van der Waals surface area contributed by atoms with Gasteiger partial charge in [0.1, 0.15) is 5.01 Å². The van der Waals surface area contributed by atoms with E-state index >= 15 is 0 Å². The van der Waals surface area contributed by atoms with E-state index in [1.54, 1.807) is 18.4 Å². The predicted molar refractivity (Wildman–Crippen MR) is 108 cm³/mol. The molecule has 0 aliphatic heterocycles. The van der Waals surface area contributed by atoms with Gasteiger partial charge in [-0.1, -0.05) is 6.92 Å². The molecule has 132 valence electrons. The van der Waals surface area contributed by atoms with Crippen LogP contribution in [0.25, 0.3) is 0 Å². The van der Waals surface area contributed by atoms with E-state index in [2.05, 4.69) is 32.9 Å². The maximum absolute atomic E-state index is 12.0. The number of aryl methyl sites for hydroxylation is 1. The normalized spacial score (nSPS) is 11.6. The fourth-order valence-electron chi connectivity index (χ4n) is 1.76. The number of nitrogens with zero attached hydrogens (tertiary/aromatic N) is 2. The van der Waals surface area contributed by atoms with E-state index in [4.69, 9.17) is 0 Å². The molecular weight excluding hydrogens is 425 g/mol. The molecule has 0 saturated heterocycles. The van der Waals surface area contributed by atoms with Crippen molar-refractivity contribution < 1.29 is 4.79 Å². The number of hydrogen-bond acceptors (Lipinski definition) is 4. The SMILES string of the molecule is CCNC(=O)C(C)(C)CNC(=NC)NCc1ncc(CC)s1.I. The fourth-order valence-corrected chi connectivity index (χ4v) is 2.56. The number of thiazole rings is 1. The lowest BCUT2D eigenvalue weighted by Crippen LogP contribution is -2.47. The summed E-state index contributed by atoms with van der Waals surface area (Å²) in [5.41, 5.74) is -0.496. The third-order valence-electron chi connectivity index (χ3n) is 3.23. The van der Waals surface area contributed by atoms with Crippen LogP contribution in [0, 0.1) is 5.41 Å². The standard InChI is InChI=1S/C15H27N5OS.HI/c1-6-11-8-18-12(22-11)9-19-14(16-5)20-10-15(3,4)13(21)17-7-2;/h8H,6-7,9-10H2,1-5H3,(H,17,21)(H2,16,19,20);1H. The van der Waals surface area contributed by atoms with Gasteiger partial charge in [-0.3, -0.25) is 9.79 Å². The van der Waals surface area contributed by atoms with Gasteiger partial charge in [-0.2, -0.15) is 0 Å². The quantitative estimate of drug-likeness (QED) is 0.336. The summed E-state index contributed by atoms with van der Waals surface area (Å²) in [6, 6.07) is 0. The second-order valence-corrected chi connectivity index (χ2v) is 6.80. The van der Waals surface area contributed by atoms with E-state index in [1.165, 1.54) is 4.88 Å². The minimum absolute atomic E-state index is 0. The molecule has 3 N–H and O–H groups in total. The zero-order chi connectivity index (χ0) is 16.6. The first-order valence-corrected chi connectivity index (χ1v) is 8.41. The minimum Gasteiger partial charge on any atom is -0.356 e. The van der Waals surface area contributed by atoms with Crippen molar-refractivity contribution in [3.63, 3.8) is 0 Å². The molecule has 23 heavy (non-hydrogen) atoms. The number of rotatable bonds is 7. The van der Waals surface area contributed by atoms with Crippen LogP contribution in [0.4, 0.5) is 0 Å². The number of carbonyl (C=O) groups is 1. The Balaban J connectivity index is 0.00000484. The van der Waals surface area contributed by atoms with Gasteiger partial charge in [-0.05, 0) is 27.2 Å². The minimum atomic E-state index is -0.496. The van der Waals surface area contributed by atoms with Gasteiger partial charge < -0.3 is 16.0 Å². The number of hydrogen-bond donors (Lipinski definition) is 3. The van der Waals surface area contributed by atoms with Crippen LogP contribution in [-0.2, 0) is 17.8 Å². The molecule has 0 bridgehead atoms. The number of aromatic nitrogens is 1. The molecule has 0 radical (unpaired) electrons. The van der Waals surface area contributed by atoms with E-state index in [9.17, 15) is 4.79 Å². The largest absolute Gasteiger partial charge is 0.356 e. The average molecular weight is 453 g/mol. The van der Waals surface area contributed by atoms with Crippen LogP contribution in [0.3, 0.4) is 0 Å². The van der Waals surface area contributed by atoms with Gasteiger partial charge in [0.2, 0.25) is 5.91 Å². The van der Waals surface area contributed by atoms with E-state index in [0.29, 0.717) is 25.6 Å². The molecule has 0 unspecified atom stereocenters. The lowest BCUT2D eigenvalue weighted by molar-refractivity contribution is -0.128. The lowest BCUT2D eigenvalue weighted by Gasteiger charge is -2.24. The summed E-state index contributed by atoms with van der Waals surface area (Å²) < 4.78 is 0. The Hall–Kier alpha value is -0.900. The Kier molecular flexibility index (Phi) is 10.4. The predicted octanol–water partition coefficient (Wildman–Crippen LogP) is 2.15. The van der Waals surface area contributed by atoms with Crippen LogP contribution in [0.5, 0.6) is 0 Å². The molecule has 0 saturated carbocycles. The molecule has 0 spiro atoms. The number of carbonyl (C=O) groups excluding carboxylic acids is 1. The maximum Gasteiger partial charge on any atom is 0.227 e. The number of guanidine groups is 1. The Bertz CT molecular complexity index is 516. The Morgan fingerprint density at radius 2 is 2.00 bits per heavy atom. The lowest BCUT2D eigenvalue weighted by atomic mass is 9.92. The Morgan fingerprint density at radius 3 is 2.52 bits per heavy atom. The Morgan fingerprint density at radius 1 is 1.30 bits per heavy atom. The first-order chi connectivity index (χ1) is 10.4. The molecule has 0 fully saturated rings. The molecule has 1 aromatic rings. The number of halogens is 1. The van der Waals surface area contributed by atoms with Gasteiger partial charge in [0.25, 0.3) is 0 Å². The highest BCUT2D eigenvalue weighted by atomic mass is 127. The van der Waals surface area contributed by atoms with Crippen molar-refractivity contribution in [1.82, 2.24) is 20.9 Å². The topological polar surface area (TPSA) is 78.4 Å². The second-order valence-electron chi connectivity index (χ2n) is 5.60. The van der Waals surface area contributed by atoms with Gasteiger partial charge in [0.05, 0.1) is 12.0 Å². The summed E-state index contributed by atoms with van der Waals surface area (Å²) in [7, 11) is 1.72. The molecule has 0 aliphatic rings. The van der Waals surface area contributed by atoms with Gasteiger partial charge in [-0.15, -0.1) is 35.3 Å². The average Bonchev–Trinajstić information content (AvgIpc) is 2.95. The Labute approximate surface area is 160 Å². The summed E-state index contributed by atoms with van der Waals surface area (Å²) in [6.07, 6.45) is 2.92. The third kappa shape index (κ3) is 7.47. The first kappa shape index (κ1) is 22.1. The van der Waals surface area contributed by atoms with E-state index in [-0.39, 0.29) is 29.9 Å². The monoisotopic (exact) mass is 453 g/mol. The van der Waals surface area contributed by atoms with Gasteiger partial charge in [-0.25, -0.2) is 4.98 Å². The van der Waals surface area contributed by atoms with Crippen LogP contribution in [0.2, 0.25) is 0 Å². The smallest absolute Gasteiger partial charge is 0.227 e. The van der Waals surface area contributed by atoms with Crippen molar-refractivity contribution >= 4 is 47.2 Å². The van der Waals surface area contributed by atoms with Crippen LogP contribution in [-0.4, -0.2) is 37.0 Å². The summed E-state index contributed by atoms with van der Waals surface area (Å²) in [5.74, 6) is 0.705. The van der Waals surface area contributed by atoms with Crippen molar-refractivity contribution in [3.05, 3.63) is 16.1 Å². The summed E-state index contributed by atoms with van der Waals surface area (Å²) in [5, 5.41) is 10.3.